The number of hydroxylamine groups is 2. The van der Waals surface area contributed by atoms with Crippen molar-refractivity contribution in [3.05, 3.63) is 84.1 Å². The zero-order valence-corrected chi connectivity index (χ0v) is 23.0. The van der Waals surface area contributed by atoms with Gasteiger partial charge in [0.15, 0.2) is 0 Å². The molecule has 5 rings (SSSR count). The van der Waals surface area contributed by atoms with Crippen LogP contribution in [0.25, 0.3) is 28.2 Å². The minimum absolute atomic E-state index is 0.251. The molecule has 1 aliphatic carbocycles. The number of amides is 2. The topological polar surface area (TPSA) is 85.2 Å². The number of imidazole rings is 1. The predicted molar refractivity (Wildman–Crippen MR) is 150 cm³/mol. The Morgan fingerprint density at radius 3 is 2.28 bits per heavy atom. The largest absolute Gasteiger partial charge is 0.444 e. The normalized spacial score (nSPS) is 14.5. The molecule has 0 unspecified atom stereocenters. The van der Waals surface area contributed by atoms with Crippen LogP contribution in [0.2, 0.25) is 0 Å². The zero-order chi connectivity index (χ0) is 27.8. The minimum atomic E-state index is -0.556. The number of fused-ring (bicyclic) bond motifs is 1. The third-order valence-electron chi connectivity index (χ3n) is 7.14. The summed E-state index contributed by atoms with van der Waals surface area (Å²) in [7, 11) is 3.03. The van der Waals surface area contributed by atoms with Crippen molar-refractivity contribution in [1.82, 2.24) is 19.8 Å². The summed E-state index contributed by atoms with van der Waals surface area (Å²) in [6.45, 7) is 5.59. The summed E-state index contributed by atoms with van der Waals surface area (Å²) in [5.74, 6) is -0.251. The lowest BCUT2D eigenvalue weighted by Crippen LogP contribution is -2.52. The number of ether oxygens (including phenoxy) is 1. The molecular weight excluding hydrogens is 492 g/mol. The van der Waals surface area contributed by atoms with Gasteiger partial charge in [-0.05, 0) is 57.7 Å². The van der Waals surface area contributed by atoms with Crippen molar-refractivity contribution in [3.63, 3.8) is 0 Å². The summed E-state index contributed by atoms with van der Waals surface area (Å²) in [6, 6.07) is 21.8. The van der Waals surface area contributed by atoms with E-state index in [0.717, 1.165) is 47.3 Å². The predicted octanol–water partition coefficient (Wildman–Crippen LogP) is 6.21. The van der Waals surface area contributed by atoms with E-state index in [2.05, 4.69) is 17.4 Å². The average molecular weight is 527 g/mol. The molecule has 2 heterocycles. The molecule has 8 heteroatoms. The molecule has 4 aromatic rings. The van der Waals surface area contributed by atoms with E-state index in [1.54, 1.807) is 19.2 Å². The maximum Gasteiger partial charge on any atom is 0.408 e. The fourth-order valence-electron chi connectivity index (χ4n) is 4.98. The number of alkyl carbamates (subject to hydrolysis) is 1. The van der Waals surface area contributed by atoms with Crippen LogP contribution in [0.4, 0.5) is 4.79 Å². The van der Waals surface area contributed by atoms with E-state index in [4.69, 9.17) is 14.6 Å². The number of carbonyl (C=O) groups is 2. The van der Waals surface area contributed by atoms with Crippen molar-refractivity contribution in [2.75, 3.05) is 14.2 Å². The Hall–Kier alpha value is -4.17. The van der Waals surface area contributed by atoms with Crippen LogP contribution < -0.4 is 5.32 Å². The third-order valence-corrected chi connectivity index (χ3v) is 7.14. The molecule has 0 bridgehead atoms. The molecule has 0 radical (unpaired) electrons. The molecule has 0 atom stereocenters. The molecule has 2 aromatic carbocycles. The zero-order valence-electron chi connectivity index (χ0n) is 23.0. The fourth-order valence-corrected chi connectivity index (χ4v) is 4.98. The summed E-state index contributed by atoms with van der Waals surface area (Å²) in [4.78, 5) is 35.3. The van der Waals surface area contributed by atoms with Crippen LogP contribution in [0.3, 0.4) is 0 Å². The second-order valence-electron chi connectivity index (χ2n) is 10.9. The first-order chi connectivity index (χ1) is 18.6. The Balaban J connectivity index is 1.53. The number of hydrogen-bond donors (Lipinski definition) is 1. The molecule has 0 spiro atoms. The Labute approximate surface area is 228 Å². The Morgan fingerprint density at radius 2 is 1.69 bits per heavy atom. The summed E-state index contributed by atoms with van der Waals surface area (Å²) in [5.41, 5.74) is 4.90. The monoisotopic (exact) mass is 526 g/mol. The van der Waals surface area contributed by atoms with Gasteiger partial charge in [-0.2, -0.15) is 0 Å². The van der Waals surface area contributed by atoms with Gasteiger partial charge in [-0.25, -0.2) is 14.8 Å². The van der Waals surface area contributed by atoms with Gasteiger partial charge in [0.2, 0.25) is 0 Å². The van der Waals surface area contributed by atoms with Crippen molar-refractivity contribution < 1.29 is 19.2 Å². The number of hydrogen-bond acceptors (Lipinski definition) is 5. The molecule has 1 saturated carbocycles. The lowest BCUT2D eigenvalue weighted by Gasteiger charge is -2.43. The highest BCUT2D eigenvalue weighted by molar-refractivity contribution is 5.95. The first kappa shape index (κ1) is 26.4. The maximum absolute atomic E-state index is 12.7. The Morgan fingerprint density at radius 1 is 1.00 bits per heavy atom. The maximum atomic E-state index is 12.7. The minimum Gasteiger partial charge on any atom is -0.444 e. The van der Waals surface area contributed by atoms with E-state index in [-0.39, 0.29) is 5.91 Å². The van der Waals surface area contributed by atoms with Gasteiger partial charge in [0.1, 0.15) is 11.2 Å². The van der Waals surface area contributed by atoms with Crippen LogP contribution in [0.1, 0.15) is 56.0 Å². The van der Waals surface area contributed by atoms with Crippen LogP contribution in [0, 0.1) is 0 Å². The fraction of sp³-hybridized carbons (Fsp3) is 0.323. The molecular formula is C31H34N4O4. The summed E-state index contributed by atoms with van der Waals surface area (Å²) in [5, 5.41) is 4.31. The van der Waals surface area contributed by atoms with E-state index < -0.39 is 17.2 Å². The van der Waals surface area contributed by atoms with Gasteiger partial charge in [-0.1, -0.05) is 54.6 Å². The van der Waals surface area contributed by atoms with Crippen molar-refractivity contribution in [2.24, 2.45) is 0 Å². The average Bonchev–Trinajstić information content (AvgIpc) is 3.28. The first-order valence-corrected chi connectivity index (χ1v) is 13.1. The summed E-state index contributed by atoms with van der Waals surface area (Å²) < 4.78 is 7.53. The van der Waals surface area contributed by atoms with Gasteiger partial charge in [0, 0.05) is 29.9 Å². The molecule has 39 heavy (non-hydrogen) atoms. The summed E-state index contributed by atoms with van der Waals surface area (Å²) >= 11 is 0. The standard InChI is InChI=1S/C31H34N4O4/c1-30(2,3)39-29(37)33-31(17-9-18-31)24-14-12-21(13-15-24)26-27(22-10-7-6-8-11-22)35-19-16-23(20-25(35)32-26)28(36)34(4)38-5/h6-8,10-16,19-20H,9,17-18H2,1-5H3,(H,33,37). The molecule has 202 valence electrons. The van der Waals surface area contributed by atoms with Gasteiger partial charge in [-0.15, -0.1) is 0 Å². The molecule has 1 fully saturated rings. The van der Waals surface area contributed by atoms with Crippen molar-refractivity contribution in [1.29, 1.82) is 0 Å². The highest BCUT2D eigenvalue weighted by Crippen LogP contribution is 2.42. The van der Waals surface area contributed by atoms with E-state index in [9.17, 15) is 9.59 Å². The Kier molecular flexibility index (Phi) is 6.91. The third kappa shape index (κ3) is 5.25. The molecule has 1 aliphatic rings. The molecule has 2 aromatic heterocycles. The van der Waals surface area contributed by atoms with Crippen LogP contribution in [-0.2, 0) is 15.1 Å². The number of carbonyl (C=O) groups excluding carboxylic acids is 2. The molecule has 1 N–H and O–H groups in total. The lowest BCUT2D eigenvalue weighted by molar-refractivity contribution is -0.0756. The smallest absolute Gasteiger partial charge is 0.408 e. The number of nitrogens with one attached hydrogen (secondary N) is 1. The number of benzene rings is 2. The van der Waals surface area contributed by atoms with Crippen LogP contribution in [-0.4, -0.2) is 46.2 Å². The quantitative estimate of drug-likeness (QED) is 0.302. The number of nitrogens with zero attached hydrogens (tertiary/aromatic N) is 3. The molecule has 0 saturated heterocycles. The summed E-state index contributed by atoms with van der Waals surface area (Å²) in [6.07, 6.45) is 4.24. The number of pyridine rings is 1. The highest BCUT2D eigenvalue weighted by Gasteiger charge is 2.41. The number of rotatable bonds is 6. The molecule has 0 aliphatic heterocycles. The van der Waals surface area contributed by atoms with Gasteiger partial charge >= 0.3 is 6.09 Å². The van der Waals surface area contributed by atoms with E-state index >= 15 is 0 Å². The molecule has 8 nitrogen and oxygen atoms in total. The van der Waals surface area contributed by atoms with Crippen LogP contribution in [0.15, 0.2) is 72.9 Å². The number of aromatic nitrogens is 2. The first-order valence-electron chi connectivity index (χ1n) is 13.1. The van der Waals surface area contributed by atoms with Crippen LogP contribution >= 0.6 is 0 Å². The molecule has 2 amide bonds. The second-order valence-corrected chi connectivity index (χ2v) is 10.9. The van der Waals surface area contributed by atoms with E-state index in [0.29, 0.717) is 11.2 Å². The van der Waals surface area contributed by atoms with Crippen molar-refractivity contribution >= 4 is 17.6 Å². The van der Waals surface area contributed by atoms with Gasteiger partial charge < -0.3 is 10.1 Å². The second kappa shape index (κ2) is 10.2. The van der Waals surface area contributed by atoms with Gasteiger partial charge in [0.25, 0.3) is 5.91 Å². The van der Waals surface area contributed by atoms with Gasteiger partial charge in [0.05, 0.1) is 24.0 Å². The SMILES string of the molecule is CON(C)C(=O)c1ccn2c(-c3ccccc3)c(-c3ccc(C4(NC(=O)OC(C)(C)C)CCC4)cc3)nc2c1. The van der Waals surface area contributed by atoms with E-state index in [1.807, 2.05) is 73.8 Å². The van der Waals surface area contributed by atoms with Crippen molar-refractivity contribution in [3.8, 4) is 22.5 Å². The van der Waals surface area contributed by atoms with E-state index in [1.165, 1.54) is 12.2 Å². The van der Waals surface area contributed by atoms with Crippen LogP contribution in [0.5, 0.6) is 0 Å². The van der Waals surface area contributed by atoms with Gasteiger partial charge in [-0.3, -0.25) is 14.0 Å². The Bertz CT molecular complexity index is 1500. The lowest BCUT2D eigenvalue weighted by atomic mass is 9.71. The highest BCUT2D eigenvalue weighted by atomic mass is 16.7. The van der Waals surface area contributed by atoms with Crippen molar-refractivity contribution in [2.45, 2.75) is 51.2 Å².